The Balaban J connectivity index is 1.82. The highest BCUT2D eigenvalue weighted by atomic mass is 32.2. The van der Waals surface area contributed by atoms with E-state index in [4.69, 9.17) is 0 Å². The van der Waals surface area contributed by atoms with E-state index in [0.29, 0.717) is 0 Å². The summed E-state index contributed by atoms with van der Waals surface area (Å²) in [6, 6.07) is 8.62. The molecule has 0 fully saturated rings. The first-order valence-corrected chi connectivity index (χ1v) is 9.28. The van der Waals surface area contributed by atoms with Gasteiger partial charge in [0.1, 0.15) is 0 Å². The lowest BCUT2D eigenvalue weighted by Gasteiger charge is -2.23. The van der Waals surface area contributed by atoms with Gasteiger partial charge in [-0.15, -0.1) is 0 Å². The fourth-order valence-electron chi connectivity index (χ4n) is 2.13. The van der Waals surface area contributed by atoms with E-state index in [1.807, 2.05) is 24.3 Å². The molecular weight excluding hydrogens is 318 g/mol. The van der Waals surface area contributed by atoms with Gasteiger partial charge in [-0.05, 0) is 31.2 Å². The summed E-state index contributed by atoms with van der Waals surface area (Å²) in [5.74, 6) is 0.833. The van der Waals surface area contributed by atoms with Crippen molar-refractivity contribution in [3.05, 3.63) is 54.1 Å². The van der Waals surface area contributed by atoms with E-state index in [-0.39, 0.29) is 4.75 Å². The van der Waals surface area contributed by atoms with Gasteiger partial charge in [0.25, 0.3) is 0 Å². The lowest BCUT2D eigenvalue weighted by molar-refractivity contribution is 0.664. The van der Waals surface area contributed by atoms with Crippen LogP contribution in [0.5, 0.6) is 0 Å². The maximum absolute atomic E-state index is 4.28. The summed E-state index contributed by atoms with van der Waals surface area (Å²) in [5, 5.41) is 6.74. The van der Waals surface area contributed by atoms with E-state index < -0.39 is 0 Å². The van der Waals surface area contributed by atoms with Crippen molar-refractivity contribution in [3.63, 3.8) is 0 Å². The molecule has 130 valence electrons. The Kier molecular flexibility index (Phi) is 6.73. The van der Waals surface area contributed by atoms with E-state index in [2.05, 4.69) is 69.5 Å². The molecular formula is C18H27N5S. The summed E-state index contributed by atoms with van der Waals surface area (Å²) in [6.07, 6.45) is 7.74. The molecule has 0 amide bonds. The maximum Gasteiger partial charge on any atom is 0.191 e. The van der Waals surface area contributed by atoms with Crippen molar-refractivity contribution >= 4 is 17.7 Å². The molecule has 0 saturated heterocycles. The highest BCUT2D eigenvalue weighted by Gasteiger charge is 2.15. The van der Waals surface area contributed by atoms with Crippen LogP contribution in [-0.2, 0) is 13.1 Å². The zero-order valence-corrected chi connectivity index (χ0v) is 15.7. The smallest absolute Gasteiger partial charge is 0.191 e. The van der Waals surface area contributed by atoms with Crippen LogP contribution >= 0.6 is 11.8 Å². The van der Waals surface area contributed by atoms with Gasteiger partial charge in [-0.25, -0.2) is 4.98 Å². The Labute approximate surface area is 149 Å². The zero-order valence-electron chi connectivity index (χ0n) is 14.9. The van der Waals surface area contributed by atoms with Gasteiger partial charge in [-0.1, -0.05) is 24.3 Å². The Hall–Kier alpha value is -1.95. The summed E-state index contributed by atoms with van der Waals surface area (Å²) in [7, 11) is 1.80. The molecule has 0 aliphatic rings. The standard InChI is InChI=1S/C18H27N5S/c1-18(2,24-4)13-22-17(19-3)21-11-15-5-7-16(8-6-15)12-23-10-9-20-14-23/h5-10,14H,11-13H2,1-4H3,(H2,19,21,22). The van der Waals surface area contributed by atoms with Gasteiger partial charge in [0.2, 0.25) is 0 Å². The normalized spacial score (nSPS) is 12.2. The van der Waals surface area contributed by atoms with E-state index >= 15 is 0 Å². The fourth-order valence-corrected chi connectivity index (χ4v) is 2.35. The quantitative estimate of drug-likeness (QED) is 0.598. The minimum absolute atomic E-state index is 0.187. The van der Waals surface area contributed by atoms with Crippen molar-refractivity contribution in [1.82, 2.24) is 20.2 Å². The van der Waals surface area contributed by atoms with E-state index in [1.54, 1.807) is 13.2 Å². The molecule has 0 spiro atoms. The molecule has 0 saturated carbocycles. The van der Waals surface area contributed by atoms with Crippen LogP contribution in [0, 0.1) is 0 Å². The first kappa shape index (κ1) is 18.4. The minimum Gasteiger partial charge on any atom is -0.355 e. The number of aliphatic imine (C=N–C) groups is 1. The number of hydrogen-bond donors (Lipinski definition) is 2. The Morgan fingerprint density at radius 1 is 1.21 bits per heavy atom. The molecule has 2 aromatic rings. The predicted molar refractivity (Wildman–Crippen MR) is 104 cm³/mol. The highest BCUT2D eigenvalue weighted by molar-refractivity contribution is 7.99. The molecule has 2 N–H and O–H groups in total. The number of nitrogens with one attached hydrogen (secondary N) is 2. The van der Waals surface area contributed by atoms with Gasteiger partial charge < -0.3 is 15.2 Å². The predicted octanol–water partition coefficient (Wildman–Crippen LogP) is 2.74. The van der Waals surface area contributed by atoms with E-state index in [0.717, 1.165) is 25.6 Å². The first-order valence-electron chi connectivity index (χ1n) is 8.05. The number of rotatable bonds is 7. The van der Waals surface area contributed by atoms with Crippen LogP contribution < -0.4 is 10.6 Å². The molecule has 0 bridgehead atoms. The van der Waals surface area contributed by atoms with Crippen molar-refractivity contribution in [2.24, 2.45) is 4.99 Å². The average Bonchev–Trinajstić information content (AvgIpc) is 3.09. The van der Waals surface area contributed by atoms with Gasteiger partial charge in [-0.2, -0.15) is 11.8 Å². The zero-order chi connectivity index (χ0) is 17.4. The molecule has 0 unspecified atom stereocenters. The molecule has 24 heavy (non-hydrogen) atoms. The van der Waals surface area contributed by atoms with Gasteiger partial charge in [-0.3, -0.25) is 4.99 Å². The van der Waals surface area contributed by atoms with E-state index in [9.17, 15) is 0 Å². The number of benzene rings is 1. The molecule has 0 atom stereocenters. The molecule has 2 rings (SSSR count). The molecule has 1 aromatic carbocycles. The number of thioether (sulfide) groups is 1. The summed E-state index contributed by atoms with van der Waals surface area (Å²) < 4.78 is 2.25. The van der Waals surface area contributed by atoms with Crippen LogP contribution in [0.4, 0.5) is 0 Å². The lowest BCUT2D eigenvalue weighted by Crippen LogP contribution is -2.42. The molecule has 1 aromatic heterocycles. The second-order valence-electron chi connectivity index (χ2n) is 6.29. The molecule has 1 heterocycles. The van der Waals surface area contributed by atoms with E-state index in [1.165, 1.54) is 11.1 Å². The average molecular weight is 346 g/mol. The lowest BCUT2D eigenvalue weighted by atomic mass is 10.1. The van der Waals surface area contributed by atoms with Crippen LogP contribution in [0.15, 0.2) is 48.0 Å². The Bertz CT molecular complexity index is 632. The van der Waals surface area contributed by atoms with Crippen LogP contribution in [0.1, 0.15) is 25.0 Å². The second-order valence-corrected chi connectivity index (χ2v) is 7.81. The number of imidazole rings is 1. The van der Waals surface area contributed by atoms with Crippen molar-refractivity contribution in [3.8, 4) is 0 Å². The summed E-state index contributed by atoms with van der Waals surface area (Å²) >= 11 is 1.85. The van der Waals surface area contributed by atoms with Gasteiger partial charge >= 0.3 is 0 Å². The van der Waals surface area contributed by atoms with Gasteiger partial charge in [0.05, 0.1) is 6.33 Å². The van der Waals surface area contributed by atoms with Crippen molar-refractivity contribution in [1.29, 1.82) is 0 Å². The molecule has 0 radical (unpaired) electrons. The molecule has 5 nitrogen and oxygen atoms in total. The monoisotopic (exact) mass is 345 g/mol. The second kappa shape index (κ2) is 8.78. The molecule has 6 heteroatoms. The first-order chi connectivity index (χ1) is 11.5. The van der Waals surface area contributed by atoms with Crippen LogP contribution in [-0.4, -0.2) is 40.1 Å². The summed E-state index contributed by atoms with van der Waals surface area (Å²) in [4.78, 5) is 8.35. The van der Waals surface area contributed by atoms with Crippen LogP contribution in [0.2, 0.25) is 0 Å². The van der Waals surface area contributed by atoms with Crippen molar-refractivity contribution in [2.45, 2.75) is 31.7 Å². The Morgan fingerprint density at radius 3 is 2.50 bits per heavy atom. The van der Waals surface area contributed by atoms with Gasteiger partial charge in [0.15, 0.2) is 5.96 Å². The number of guanidine groups is 1. The van der Waals surface area contributed by atoms with Crippen molar-refractivity contribution < 1.29 is 0 Å². The largest absolute Gasteiger partial charge is 0.355 e. The number of nitrogens with zero attached hydrogens (tertiary/aromatic N) is 3. The minimum atomic E-state index is 0.187. The maximum atomic E-state index is 4.28. The summed E-state index contributed by atoms with van der Waals surface area (Å²) in [5.41, 5.74) is 2.50. The SMILES string of the molecule is CN=C(NCc1ccc(Cn2ccnc2)cc1)NCC(C)(C)SC. The van der Waals surface area contributed by atoms with Crippen LogP contribution in [0.3, 0.4) is 0 Å². The van der Waals surface area contributed by atoms with Gasteiger partial charge in [0, 0.05) is 43.8 Å². The third-order valence-electron chi connectivity index (χ3n) is 3.87. The fraction of sp³-hybridized carbons (Fsp3) is 0.444. The highest BCUT2D eigenvalue weighted by Crippen LogP contribution is 2.19. The summed E-state index contributed by atoms with van der Waals surface area (Å²) in [6.45, 7) is 6.91. The number of hydrogen-bond acceptors (Lipinski definition) is 3. The Morgan fingerprint density at radius 2 is 1.92 bits per heavy atom. The van der Waals surface area contributed by atoms with Crippen molar-refractivity contribution in [2.75, 3.05) is 19.8 Å². The molecule has 0 aliphatic carbocycles. The third kappa shape index (κ3) is 5.92. The molecule has 0 aliphatic heterocycles. The van der Waals surface area contributed by atoms with Crippen LogP contribution in [0.25, 0.3) is 0 Å². The number of aromatic nitrogens is 2. The third-order valence-corrected chi connectivity index (χ3v) is 5.11. The topological polar surface area (TPSA) is 54.2 Å².